The SMILES string of the molecule is Cc1c(Cl)cccc1NC(=O)[C@@H]1CCCN(C(=O)NC2CCCCC2)C1. The van der Waals surface area contributed by atoms with E-state index in [0.29, 0.717) is 17.6 Å². The number of carbonyl (C=O) groups excluding carboxylic acids is 2. The lowest BCUT2D eigenvalue weighted by atomic mass is 9.95. The van der Waals surface area contributed by atoms with Gasteiger partial charge in [-0.25, -0.2) is 4.79 Å². The summed E-state index contributed by atoms with van der Waals surface area (Å²) in [5.41, 5.74) is 1.61. The lowest BCUT2D eigenvalue weighted by molar-refractivity contribution is -0.121. The van der Waals surface area contributed by atoms with Gasteiger partial charge >= 0.3 is 6.03 Å². The van der Waals surface area contributed by atoms with Crippen LogP contribution in [0.2, 0.25) is 5.02 Å². The highest BCUT2D eigenvalue weighted by Crippen LogP contribution is 2.25. The minimum Gasteiger partial charge on any atom is -0.335 e. The Morgan fingerprint density at radius 1 is 1.12 bits per heavy atom. The molecule has 1 heterocycles. The summed E-state index contributed by atoms with van der Waals surface area (Å²) in [4.78, 5) is 27.0. The number of piperidine rings is 1. The molecule has 6 heteroatoms. The molecule has 3 rings (SSSR count). The molecule has 3 amide bonds. The fourth-order valence-corrected chi connectivity index (χ4v) is 4.04. The molecule has 1 saturated heterocycles. The Morgan fingerprint density at radius 2 is 1.88 bits per heavy atom. The van der Waals surface area contributed by atoms with Crippen molar-refractivity contribution in [3.05, 3.63) is 28.8 Å². The average molecular weight is 378 g/mol. The van der Waals surface area contributed by atoms with Crippen LogP contribution in [0.4, 0.5) is 10.5 Å². The van der Waals surface area contributed by atoms with Gasteiger partial charge in [-0.05, 0) is 50.3 Å². The molecule has 1 aromatic carbocycles. The van der Waals surface area contributed by atoms with E-state index < -0.39 is 0 Å². The molecule has 142 valence electrons. The highest BCUT2D eigenvalue weighted by molar-refractivity contribution is 6.31. The third-order valence-electron chi connectivity index (χ3n) is 5.54. The predicted molar refractivity (Wildman–Crippen MR) is 105 cm³/mol. The molecule has 0 radical (unpaired) electrons. The van der Waals surface area contributed by atoms with Crippen LogP contribution in [-0.4, -0.2) is 36.0 Å². The molecule has 0 aromatic heterocycles. The van der Waals surface area contributed by atoms with Crippen LogP contribution in [0.15, 0.2) is 18.2 Å². The maximum atomic E-state index is 12.7. The van der Waals surface area contributed by atoms with E-state index in [9.17, 15) is 9.59 Å². The minimum absolute atomic E-state index is 0.0201. The zero-order chi connectivity index (χ0) is 18.5. The summed E-state index contributed by atoms with van der Waals surface area (Å²) in [6.07, 6.45) is 7.43. The molecule has 1 aliphatic heterocycles. The third kappa shape index (κ3) is 4.70. The first-order chi connectivity index (χ1) is 12.5. The van der Waals surface area contributed by atoms with Crippen molar-refractivity contribution in [3.63, 3.8) is 0 Å². The highest BCUT2D eigenvalue weighted by Gasteiger charge is 2.29. The number of amides is 3. The van der Waals surface area contributed by atoms with Gasteiger partial charge in [-0.1, -0.05) is 36.9 Å². The quantitative estimate of drug-likeness (QED) is 0.822. The molecule has 1 aromatic rings. The highest BCUT2D eigenvalue weighted by atomic mass is 35.5. The van der Waals surface area contributed by atoms with Crippen LogP contribution in [0.1, 0.15) is 50.5 Å². The molecule has 26 heavy (non-hydrogen) atoms. The first-order valence-electron chi connectivity index (χ1n) is 9.66. The summed E-state index contributed by atoms with van der Waals surface area (Å²) in [6.45, 7) is 3.09. The predicted octanol–water partition coefficient (Wildman–Crippen LogP) is 4.34. The Labute approximate surface area is 160 Å². The van der Waals surface area contributed by atoms with Crippen molar-refractivity contribution in [1.82, 2.24) is 10.2 Å². The Balaban J connectivity index is 1.56. The molecule has 2 fully saturated rings. The minimum atomic E-state index is -0.181. The van der Waals surface area contributed by atoms with Crippen LogP contribution in [-0.2, 0) is 4.79 Å². The zero-order valence-corrected chi connectivity index (χ0v) is 16.1. The van der Waals surface area contributed by atoms with E-state index in [1.54, 1.807) is 4.90 Å². The van der Waals surface area contributed by atoms with Crippen LogP contribution in [0, 0.1) is 12.8 Å². The Hall–Kier alpha value is -1.75. The van der Waals surface area contributed by atoms with E-state index in [-0.39, 0.29) is 17.9 Å². The van der Waals surface area contributed by atoms with Gasteiger partial charge in [0.25, 0.3) is 0 Å². The summed E-state index contributed by atoms with van der Waals surface area (Å²) in [5, 5.41) is 6.77. The molecule has 0 bridgehead atoms. The number of nitrogens with one attached hydrogen (secondary N) is 2. The summed E-state index contributed by atoms with van der Waals surface area (Å²) in [7, 11) is 0. The molecule has 1 atom stereocenters. The first-order valence-corrected chi connectivity index (χ1v) is 10.0. The van der Waals surface area contributed by atoms with Crippen molar-refractivity contribution in [2.75, 3.05) is 18.4 Å². The molecule has 2 aliphatic rings. The number of urea groups is 1. The van der Waals surface area contributed by atoms with Crippen molar-refractivity contribution < 1.29 is 9.59 Å². The lowest BCUT2D eigenvalue weighted by Gasteiger charge is -2.34. The van der Waals surface area contributed by atoms with Gasteiger partial charge in [0.05, 0.1) is 5.92 Å². The van der Waals surface area contributed by atoms with Crippen molar-refractivity contribution >= 4 is 29.2 Å². The molecular formula is C20H28ClN3O2. The van der Waals surface area contributed by atoms with Gasteiger partial charge in [0.2, 0.25) is 5.91 Å². The van der Waals surface area contributed by atoms with Gasteiger partial charge < -0.3 is 15.5 Å². The van der Waals surface area contributed by atoms with Gasteiger partial charge in [-0.3, -0.25) is 4.79 Å². The number of hydrogen-bond donors (Lipinski definition) is 2. The maximum Gasteiger partial charge on any atom is 0.317 e. The van der Waals surface area contributed by atoms with Crippen LogP contribution in [0.25, 0.3) is 0 Å². The van der Waals surface area contributed by atoms with Gasteiger partial charge in [0.15, 0.2) is 0 Å². The number of carbonyl (C=O) groups is 2. The molecule has 0 unspecified atom stereocenters. The molecular weight excluding hydrogens is 350 g/mol. The van der Waals surface area contributed by atoms with Crippen molar-refractivity contribution in [2.24, 2.45) is 5.92 Å². The van der Waals surface area contributed by atoms with Crippen LogP contribution < -0.4 is 10.6 Å². The summed E-state index contributed by atoms with van der Waals surface area (Å²) in [5.74, 6) is -0.218. The van der Waals surface area contributed by atoms with Crippen molar-refractivity contribution in [2.45, 2.75) is 57.9 Å². The second kappa shape index (κ2) is 8.76. The number of anilines is 1. The van der Waals surface area contributed by atoms with E-state index in [1.807, 2.05) is 25.1 Å². The topological polar surface area (TPSA) is 61.4 Å². The Morgan fingerprint density at radius 3 is 2.65 bits per heavy atom. The van der Waals surface area contributed by atoms with E-state index in [1.165, 1.54) is 19.3 Å². The zero-order valence-electron chi connectivity index (χ0n) is 15.4. The number of halogens is 1. The fraction of sp³-hybridized carbons (Fsp3) is 0.600. The normalized spacial score (nSPS) is 21.3. The molecule has 2 N–H and O–H groups in total. The van der Waals surface area contributed by atoms with E-state index in [0.717, 1.165) is 43.5 Å². The van der Waals surface area contributed by atoms with Crippen LogP contribution in [0.5, 0.6) is 0 Å². The molecule has 1 aliphatic carbocycles. The van der Waals surface area contributed by atoms with Gasteiger partial charge in [-0.15, -0.1) is 0 Å². The smallest absolute Gasteiger partial charge is 0.317 e. The van der Waals surface area contributed by atoms with E-state index >= 15 is 0 Å². The van der Waals surface area contributed by atoms with Gasteiger partial charge in [0.1, 0.15) is 0 Å². The van der Waals surface area contributed by atoms with Gasteiger partial charge in [0, 0.05) is 29.8 Å². The standard InChI is InChI=1S/C20H28ClN3O2/c1-14-17(21)10-5-11-18(14)23-19(25)15-7-6-12-24(13-15)20(26)22-16-8-3-2-4-9-16/h5,10-11,15-16H,2-4,6-9,12-13H2,1H3,(H,22,26)(H,23,25)/t15-/m1/s1. The fourth-order valence-electron chi connectivity index (χ4n) is 3.87. The largest absolute Gasteiger partial charge is 0.335 e. The summed E-state index contributed by atoms with van der Waals surface area (Å²) >= 11 is 6.13. The van der Waals surface area contributed by atoms with Gasteiger partial charge in [-0.2, -0.15) is 0 Å². The average Bonchev–Trinajstić information content (AvgIpc) is 2.66. The van der Waals surface area contributed by atoms with Crippen LogP contribution >= 0.6 is 11.6 Å². The number of nitrogens with zero attached hydrogens (tertiary/aromatic N) is 1. The first kappa shape index (κ1) is 19.0. The van der Waals surface area contributed by atoms with Crippen molar-refractivity contribution in [1.29, 1.82) is 0 Å². The van der Waals surface area contributed by atoms with Crippen LogP contribution in [0.3, 0.4) is 0 Å². The number of benzene rings is 1. The monoisotopic (exact) mass is 377 g/mol. The maximum absolute atomic E-state index is 12.7. The van der Waals surface area contributed by atoms with E-state index in [2.05, 4.69) is 10.6 Å². The Bertz CT molecular complexity index is 658. The number of likely N-dealkylation sites (tertiary alicyclic amines) is 1. The Kier molecular flexibility index (Phi) is 6.41. The van der Waals surface area contributed by atoms with E-state index in [4.69, 9.17) is 11.6 Å². The third-order valence-corrected chi connectivity index (χ3v) is 5.95. The summed E-state index contributed by atoms with van der Waals surface area (Å²) < 4.78 is 0. The second-order valence-electron chi connectivity index (χ2n) is 7.47. The molecule has 5 nitrogen and oxygen atoms in total. The second-order valence-corrected chi connectivity index (χ2v) is 7.88. The molecule has 0 spiro atoms. The molecule has 1 saturated carbocycles. The summed E-state index contributed by atoms with van der Waals surface area (Å²) in [6, 6.07) is 5.77. The van der Waals surface area contributed by atoms with Crippen molar-refractivity contribution in [3.8, 4) is 0 Å². The number of rotatable bonds is 3. The number of hydrogen-bond acceptors (Lipinski definition) is 2. The lowest BCUT2D eigenvalue weighted by Crippen LogP contribution is -2.50.